The summed E-state index contributed by atoms with van der Waals surface area (Å²) >= 11 is 0. The highest BCUT2D eigenvalue weighted by atomic mass is 16.5. The Morgan fingerprint density at radius 2 is 1.97 bits per heavy atom. The number of benzene rings is 1. The molecule has 0 N–H and O–H groups in total. The second-order valence-corrected chi connectivity index (χ2v) is 7.94. The fourth-order valence-electron chi connectivity index (χ4n) is 4.53. The van der Waals surface area contributed by atoms with E-state index in [-0.39, 0.29) is 0 Å². The zero-order chi connectivity index (χ0) is 21.4. The van der Waals surface area contributed by atoms with Gasteiger partial charge in [-0.3, -0.25) is 0 Å². The average Bonchev–Trinajstić information content (AvgIpc) is 3.25. The van der Waals surface area contributed by atoms with Gasteiger partial charge in [0.15, 0.2) is 17.1 Å². The number of carbonyl (C=O) groups excluding carboxylic acids is 1. The number of aryl methyl sites for hydroxylation is 1. The van der Waals surface area contributed by atoms with Gasteiger partial charge in [-0.15, -0.1) is 0 Å². The Kier molecular flexibility index (Phi) is 4.94. The highest BCUT2D eigenvalue weighted by Gasteiger charge is 2.43. The predicted molar refractivity (Wildman–Crippen MR) is 113 cm³/mol. The van der Waals surface area contributed by atoms with E-state index in [1.165, 1.54) is 7.11 Å². The highest BCUT2D eigenvalue weighted by molar-refractivity contribution is 6.00. The van der Waals surface area contributed by atoms with Crippen molar-refractivity contribution < 1.29 is 18.8 Å². The van der Waals surface area contributed by atoms with Crippen LogP contribution in [0.1, 0.15) is 40.3 Å². The molecule has 1 aromatic carbocycles. The molecule has 160 valence electrons. The van der Waals surface area contributed by atoms with E-state index in [1.54, 1.807) is 0 Å². The first-order chi connectivity index (χ1) is 15.1. The zero-order valence-corrected chi connectivity index (χ0v) is 17.6. The third-order valence-corrected chi connectivity index (χ3v) is 6.14. The number of rotatable bonds is 3. The van der Waals surface area contributed by atoms with Gasteiger partial charge in [0.25, 0.3) is 0 Å². The molecule has 8 nitrogen and oxygen atoms in total. The van der Waals surface area contributed by atoms with Crippen molar-refractivity contribution in [2.75, 3.05) is 31.7 Å². The number of carbonyl (C=O) groups is 1. The fraction of sp³-hybridized carbons (Fsp3) is 0.391. The topological polar surface area (TPSA) is 90.6 Å². The van der Waals surface area contributed by atoms with Crippen LogP contribution in [0, 0.1) is 6.92 Å². The van der Waals surface area contributed by atoms with Crippen molar-refractivity contribution in [3.63, 3.8) is 0 Å². The summed E-state index contributed by atoms with van der Waals surface area (Å²) in [5, 5.41) is 4.26. The van der Waals surface area contributed by atoms with Crippen molar-refractivity contribution >= 4 is 11.8 Å². The number of piperidine rings is 1. The van der Waals surface area contributed by atoms with Crippen LogP contribution < -0.4 is 4.90 Å². The summed E-state index contributed by atoms with van der Waals surface area (Å²) in [5.74, 6) is 1.22. The molecule has 0 aliphatic carbocycles. The number of esters is 1. The lowest BCUT2D eigenvalue weighted by atomic mass is 9.83. The Hall–Kier alpha value is -3.26. The number of anilines is 1. The number of fused-ring (bicyclic) bond motifs is 2. The number of hydrogen-bond donors (Lipinski definition) is 0. The first kappa shape index (κ1) is 19.7. The van der Waals surface area contributed by atoms with Crippen LogP contribution in [0.5, 0.6) is 0 Å². The molecule has 1 fully saturated rings. The summed E-state index contributed by atoms with van der Waals surface area (Å²) in [6.07, 6.45) is 4.24. The minimum Gasteiger partial charge on any atom is -0.465 e. The van der Waals surface area contributed by atoms with Crippen molar-refractivity contribution in [3.8, 4) is 11.3 Å². The monoisotopic (exact) mass is 420 g/mol. The summed E-state index contributed by atoms with van der Waals surface area (Å²) in [6.45, 7) is 3.89. The summed E-state index contributed by atoms with van der Waals surface area (Å²) in [7, 11) is 1.37. The molecule has 0 radical (unpaired) electrons. The quantitative estimate of drug-likeness (QED) is 0.596. The molecule has 2 aliphatic rings. The maximum atomic E-state index is 12.6. The second kappa shape index (κ2) is 7.77. The van der Waals surface area contributed by atoms with E-state index in [2.05, 4.69) is 15.0 Å². The van der Waals surface area contributed by atoms with Gasteiger partial charge in [-0.2, -0.15) is 0 Å². The van der Waals surface area contributed by atoms with Gasteiger partial charge in [0.2, 0.25) is 0 Å². The van der Waals surface area contributed by atoms with E-state index in [0.29, 0.717) is 36.8 Å². The van der Waals surface area contributed by atoms with E-state index in [0.717, 1.165) is 41.9 Å². The number of methoxy groups -OCH3 is 1. The van der Waals surface area contributed by atoms with E-state index in [1.807, 2.05) is 43.5 Å². The molecule has 0 bridgehead atoms. The Balaban J connectivity index is 1.45. The van der Waals surface area contributed by atoms with Gasteiger partial charge in [0.05, 0.1) is 19.4 Å². The molecule has 0 amide bonds. The van der Waals surface area contributed by atoms with Gasteiger partial charge in [0, 0.05) is 24.8 Å². The highest BCUT2D eigenvalue weighted by Crippen LogP contribution is 2.42. The predicted octanol–water partition coefficient (Wildman–Crippen LogP) is 3.30. The first-order valence-electron chi connectivity index (χ1n) is 10.5. The van der Waals surface area contributed by atoms with Crippen LogP contribution >= 0.6 is 0 Å². The molecule has 1 saturated heterocycles. The molecular weight excluding hydrogens is 396 g/mol. The molecule has 2 aliphatic heterocycles. The van der Waals surface area contributed by atoms with Gasteiger partial charge in [0.1, 0.15) is 11.4 Å². The molecule has 1 spiro atoms. The van der Waals surface area contributed by atoms with Crippen LogP contribution in [0.2, 0.25) is 0 Å². The molecule has 0 saturated carbocycles. The van der Waals surface area contributed by atoms with E-state index >= 15 is 0 Å². The Bertz CT molecular complexity index is 1100. The summed E-state index contributed by atoms with van der Waals surface area (Å²) in [5.41, 5.74) is 2.88. The third kappa shape index (κ3) is 3.37. The zero-order valence-electron chi connectivity index (χ0n) is 17.6. The first-order valence-corrected chi connectivity index (χ1v) is 10.5. The lowest BCUT2D eigenvalue weighted by molar-refractivity contribution is -0.0804. The minimum absolute atomic E-state index is 0.354. The standard InChI is InChI=1S/C23H24N4O4/c1-15-24-14-17-8-13-30-23(20(17)25-15)9-11-27(12-10-23)21-18(22(28)29-2)19(31-26-21)16-6-4-3-5-7-16/h3-7,14H,8-13H2,1-2H3. The summed E-state index contributed by atoms with van der Waals surface area (Å²) in [4.78, 5) is 23.8. The molecule has 5 rings (SSSR count). The fourth-order valence-corrected chi connectivity index (χ4v) is 4.53. The molecule has 0 atom stereocenters. The van der Waals surface area contributed by atoms with Crippen LogP contribution in [-0.4, -0.2) is 47.9 Å². The van der Waals surface area contributed by atoms with E-state index in [9.17, 15) is 4.79 Å². The molecule has 8 heteroatoms. The molecule has 31 heavy (non-hydrogen) atoms. The third-order valence-electron chi connectivity index (χ3n) is 6.14. The summed E-state index contributed by atoms with van der Waals surface area (Å²) < 4.78 is 17.0. The number of nitrogens with zero attached hydrogens (tertiary/aromatic N) is 4. The maximum absolute atomic E-state index is 12.6. The minimum atomic E-state index is -0.460. The van der Waals surface area contributed by atoms with E-state index < -0.39 is 11.6 Å². The molecule has 3 aromatic rings. The number of hydrogen-bond acceptors (Lipinski definition) is 8. The second-order valence-electron chi connectivity index (χ2n) is 7.94. The maximum Gasteiger partial charge on any atom is 0.345 e. The largest absolute Gasteiger partial charge is 0.465 e. The van der Waals surface area contributed by atoms with Crippen LogP contribution in [-0.2, 0) is 21.5 Å². The van der Waals surface area contributed by atoms with Gasteiger partial charge in [-0.05, 0) is 31.7 Å². The molecular formula is C23H24N4O4. The van der Waals surface area contributed by atoms with Crippen LogP contribution in [0.25, 0.3) is 11.3 Å². The Morgan fingerprint density at radius 1 is 1.19 bits per heavy atom. The van der Waals surface area contributed by atoms with Gasteiger partial charge >= 0.3 is 5.97 Å². The van der Waals surface area contributed by atoms with Gasteiger partial charge in [-0.25, -0.2) is 14.8 Å². The van der Waals surface area contributed by atoms with Crippen LogP contribution in [0.3, 0.4) is 0 Å². The lowest BCUT2D eigenvalue weighted by Gasteiger charge is -2.44. The smallest absolute Gasteiger partial charge is 0.345 e. The van der Waals surface area contributed by atoms with Crippen molar-refractivity contribution in [2.45, 2.75) is 31.8 Å². The van der Waals surface area contributed by atoms with Crippen molar-refractivity contribution in [2.24, 2.45) is 0 Å². The number of aromatic nitrogens is 3. The van der Waals surface area contributed by atoms with Crippen molar-refractivity contribution in [3.05, 3.63) is 59.2 Å². The molecule has 0 unspecified atom stereocenters. The number of ether oxygens (including phenoxy) is 2. The van der Waals surface area contributed by atoms with Gasteiger partial charge in [-0.1, -0.05) is 35.5 Å². The summed E-state index contributed by atoms with van der Waals surface area (Å²) in [6, 6.07) is 9.47. The Labute approximate surface area is 180 Å². The lowest BCUT2D eigenvalue weighted by Crippen LogP contribution is -2.47. The SMILES string of the molecule is COC(=O)c1c(N2CCC3(CC2)OCCc2cnc(C)nc23)noc1-c1ccccc1. The van der Waals surface area contributed by atoms with Crippen molar-refractivity contribution in [1.29, 1.82) is 0 Å². The average molecular weight is 420 g/mol. The van der Waals surface area contributed by atoms with Crippen LogP contribution in [0.15, 0.2) is 41.1 Å². The van der Waals surface area contributed by atoms with E-state index in [4.69, 9.17) is 19.0 Å². The van der Waals surface area contributed by atoms with Gasteiger partial charge < -0.3 is 18.9 Å². The molecule has 4 heterocycles. The normalized spacial score (nSPS) is 17.4. The Morgan fingerprint density at radius 3 is 2.71 bits per heavy atom. The molecule has 2 aromatic heterocycles. The van der Waals surface area contributed by atoms with Crippen LogP contribution in [0.4, 0.5) is 5.82 Å². The van der Waals surface area contributed by atoms with Crippen molar-refractivity contribution in [1.82, 2.24) is 15.1 Å².